The Bertz CT molecular complexity index is 1240. The molecule has 3 rings (SSSR count). The van der Waals surface area contributed by atoms with Crippen LogP contribution in [0.2, 0.25) is 0 Å². The molecule has 0 spiro atoms. The van der Waals surface area contributed by atoms with Gasteiger partial charge >= 0.3 is 5.97 Å². The van der Waals surface area contributed by atoms with Crippen molar-refractivity contribution in [3.05, 3.63) is 59.3 Å². The van der Waals surface area contributed by atoms with Crippen LogP contribution >= 0.6 is 0 Å². The van der Waals surface area contributed by atoms with Gasteiger partial charge in [0, 0.05) is 12.8 Å². The molecule has 1 fully saturated rings. The van der Waals surface area contributed by atoms with Crippen LogP contribution in [0.4, 0.5) is 11.4 Å². The van der Waals surface area contributed by atoms with Crippen LogP contribution < -0.4 is 5.32 Å². The molecule has 5 nitrogen and oxygen atoms in total. The lowest BCUT2D eigenvalue weighted by molar-refractivity contribution is 0.0500. The van der Waals surface area contributed by atoms with Crippen LogP contribution in [0.15, 0.2) is 42.0 Å². The van der Waals surface area contributed by atoms with Gasteiger partial charge < -0.3 is 15.2 Å². The summed E-state index contributed by atoms with van der Waals surface area (Å²) in [4.78, 5) is 17.6. The van der Waals surface area contributed by atoms with E-state index < -0.39 is 0 Å². The van der Waals surface area contributed by atoms with Crippen LogP contribution in [0.25, 0.3) is 11.1 Å². The molecule has 1 atom stereocenters. The fraction of sp³-hybridized carbons (Fsp3) is 0.660. The Balaban J connectivity index is 0.00000106. The van der Waals surface area contributed by atoms with Crippen molar-refractivity contribution >= 4 is 23.6 Å². The highest BCUT2D eigenvalue weighted by molar-refractivity contribution is 6.00. The number of nitrogens with zero attached hydrogens (tertiary/aromatic N) is 1. The molecule has 2 aromatic rings. The number of hydrogen-bond donors (Lipinski definition) is 2. The molecule has 0 aromatic heterocycles. The summed E-state index contributed by atoms with van der Waals surface area (Å²) in [5.41, 5.74) is 7.83. The molecular formula is C47H80N2O3. The first kappa shape index (κ1) is 49.1. The van der Waals surface area contributed by atoms with Gasteiger partial charge in [-0.05, 0) is 97.9 Å². The van der Waals surface area contributed by atoms with E-state index in [1.54, 1.807) is 6.20 Å². The van der Waals surface area contributed by atoms with Crippen molar-refractivity contribution in [1.82, 2.24) is 0 Å². The quantitative estimate of drug-likeness (QED) is 0.0861. The van der Waals surface area contributed by atoms with Crippen LogP contribution in [0.3, 0.4) is 0 Å². The van der Waals surface area contributed by atoms with Gasteiger partial charge in [0.2, 0.25) is 0 Å². The number of carbonyl (C=O) groups is 1. The molecule has 1 aliphatic rings. The standard InChI is InChI=1S/C28H38N2O2.C10H22O.C7H14.C2H6/c1-7-12-14-21-15-16-22(19-25(21)29-10-4)24-18-20(6)26(28(31)32-17-13-8-2)27(30-11-5)23(24)9-3;1-3-5-6-7-8-10(4-2)9-11;1-7-5-3-2-4-6-7;1-2/h10-11,15-16,18-19,30H,5,7-9,12-14,17H2,1-4,6H3;10-11H,3-9H2,1-2H3;7H,2-6H2,1H3;1-2H3/t;10-;;/m.1../s1. The lowest BCUT2D eigenvalue weighted by Crippen LogP contribution is -2.13. The number of carbonyl (C=O) groups excluding carboxylic acids is 1. The molecule has 0 heterocycles. The van der Waals surface area contributed by atoms with Crippen molar-refractivity contribution in [3.8, 4) is 11.1 Å². The van der Waals surface area contributed by atoms with Gasteiger partial charge in [-0.25, -0.2) is 4.79 Å². The third-order valence-electron chi connectivity index (χ3n) is 9.83. The van der Waals surface area contributed by atoms with E-state index in [-0.39, 0.29) is 5.97 Å². The number of aliphatic imine (C=N–C) groups is 1. The third kappa shape index (κ3) is 18.7. The number of benzene rings is 2. The largest absolute Gasteiger partial charge is 0.462 e. The predicted molar refractivity (Wildman–Crippen MR) is 231 cm³/mol. The van der Waals surface area contributed by atoms with E-state index in [1.165, 1.54) is 69.8 Å². The molecule has 296 valence electrons. The van der Waals surface area contributed by atoms with Crippen LogP contribution in [-0.2, 0) is 17.6 Å². The molecule has 0 bridgehead atoms. The lowest BCUT2D eigenvalue weighted by atomic mass is 9.89. The summed E-state index contributed by atoms with van der Waals surface area (Å²) in [7, 11) is 0. The van der Waals surface area contributed by atoms with Gasteiger partial charge in [0.05, 0.1) is 23.5 Å². The van der Waals surface area contributed by atoms with E-state index in [2.05, 4.69) is 82.7 Å². The van der Waals surface area contributed by atoms with Crippen molar-refractivity contribution in [2.24, 2.45) is 16.8 Å². The van der Waals surface area contributed by atoms with E-state index in [9.17, 15) is 4.79 Å². The fourth-order valence-corrected chi connectivity index (χ4v) is 6.55. The number of anilines is 1. The van der Waals surface area contributed by atoms with Gasteiger partial charge in [-0.15, -0.1) is 0 Å². The third-order valence-corrected chi connectivity index (χ3v) is 9.83. The minimum atomic E-state index is -0.285. The van der Waals surface area contributed by atoms with Crippen molar-refractivity contribution < 1.29 is 14.6 Å². The minimum absolute atomic E-state index is 0.285. The minimum Gasteiger partial charge on any atom is -0.462 e. The summed E-state index contributed by atoms with van der Waals surface area (Å²) < 4.78 is 5.55. The molecule has 5 heteroatoms. The first-order chi connectivity index (χ1) is 25.3. The SMILES string of the molecule is C=CNc1c(CC)c(-c2ccc(CCCC)c(N=CC)c2)cc(C)c1C(=O)OCCCC.CC.CC1CCCCC1.CCCCCC[C@@H](CC)CO. The number of aryl methyl sites for hydroxylation is 2. The maximum absolute atomic E-state index is 12.9. The molecule has 2 aromatic carbocycles. The van der Waals surface area contributed by atoms with E-state index >= 15 is 0 Å². The monoisotopic (exact) mass is 721 g/mol. The predicted octanol–water partition coefficient (Wildman–Crippen LogP) is 14.4. The highest BCUT2D eigenvalue weighted by Crippen LogP contribution is 2.38. The van der Waals surface area contributed by atoms with Crippen molar-refractivity contribution in [1.29, 1.82) is 0 Å². The Morgan fingerprint density at radius 2 is 1.65 bits per heavy atom. The number of ether oxygens (including phenoxy) is 1. The zero-order valence-corrected chi connectivity index (χ0v) is 35.5. The average Bonchev–Trinajstić information content (AvgIpc) is 3.16. The van der Waals surface area contributed by atoms with Crippen LogP contribution in [0.1, 0.15) is 186 Å². The van der Waals surface area contributed by atoms with Crippen LogP contribution in [-0.4, -0.2) is 30.5 Å². The van der Waals surface area contributed by atoms with E-state index in [4.69, 9.17) is 9.84 Å². The first-order valence-corrected chi connectivity index (χ1v) is 21.2. The van der Waals surface area contributed by atoms with Crippen molar-refractivity contribution in [3.63, 3.8) is 0 Å². The van der Waals surface area contributed by atoms with Crippen molar-refractivity contribution in [2.75, 3.05) is 18.5 Å². The summed E-state index contributed by atoms with van der Waals surface area (Å²) in [5, 5.41) is 12.1. The summed E-state index contributed by atoms with van der Waals surface area (Å²) in [6, 6.07) is 8.63. The van der Waals surface area contributed by atoms with Crippen molar-refractivity contribution in [2.45, 2.75) is 178 Å². The Morgan fingerprint density at radius 1 is 0.981 bits per heavy atom. The number of hydrogen-bond acceptors (Lipinski definition) is 5. The lowest BCUT2D eigenvalue weighted by Gasteiger charge is -2.20. The first-order valence-electron chi connectivity index (χ1n) is 21.2. The maximum atomic E-state index is 12.9. The second kappa shape index (κ2) is 31.6. The van der Waals surface area contributed by atoms with E-state index in [1.807, 2.05) is 33.9 Å². The van der Waals surface area contributed by atoms with Crippen LogP contribution in [0, 0.1) is 18.8 Å². The number of esters is 1. The average molecular weight is 721 g/mol. The van der Waals surface area contributed by atoms with Gasteiger partial charge in [0.1, 0.15) is 0 Å². The van der Waals surface area contributed by atoms with Gasteiger partial charge in [0.15, 0.2) is 0 Å². The van der Waals surface area contributed by atoms with Gasteiger partial charge in [-0.1, -0.05) is 157 Å². The Labute approximate surface area is 321 Å². The Morgan fingerprint density at radius 3 is 2.17 bits per heavy atom. The summed E-state index contributed by atoms with van der Waals surface area (Å²) >= 11 is 0. The van der Waals surface area contributed by atoms with Gasteiger partial charge in [0.25, 0.3) is 0 Å². The molecule has 52 heavy (non-hydrogen) atoms. The zero-order valence-electron chi connectivity index (χ0n) is 35.5. The molecule has 0 radical (unpaired) electrons. The Hall–Kier alpha value is -2.92. The normalized spacial score (nSPS) is 13.1. The summed E-state index contributed by atoms with van der Waals surface area (Å²) in [6.07, 6.45) is 24.5. The second-order valence-electron chi connectivity index (χ2n) is 14.0. The molecule has 2 N–H and O–H groups in total. The molecule has 0 unspecified atom stereocenters. The molecule has 0 amide bonds. The zero-order chi connectivity index (χ0) is 39.1. The highest BCUT2D eigenvalue weighted by atomic mass is 16.5. The van der Waals surface area contributed by atoms with E-state index in [0.717, 1.165) is 84.5 Å². The van der Waals surface area contributed by atoms with Gasteiger partial charge in [-0.3, -0.25) is 4.99 Å². The number of aliphatic hydroxyl groups excluding tert-OH is 1. The molecule has 1 saturated carbocycles. The van der Waals surface area contributed by atoms with Gasteiger partial charge in [-0.2, -0.15) is 0 Å². The molecule has 0 saturated heterocycles. The topological polar surface area (TPSA) is 70.9 Å². The Kier molecular flexibility index (Phi) is 29.8. The fourth-order valence-electron chi connectivity index (χ4n) is 6.55. The summed E-state index contributed by atoms with van der Waals surface area (Å²) in [6.45, 7) is 25.7. The number of aliphatic hydroxyl groups is 1. The number of unbranched alkanes of at least 4 members (excludes halogenated alkanes) is 5. The van der Waals surface area contributed by atoms with Crippen LogP contribution in [0.5, 0.6) is 0 Å². The maximum Gasteiger partial charge on any atom is 0.340 e. The summed E-state index contributed by atoms with van der Waals surface area (Å²) in [5.74, 6) is 1.31. The molecular weight excluding hydrogens is 641 g/mol. The van der Waals surface area contributed by atoms with E-state index in [0.29, 0.717) is 24.7 Å². The molecule has 1 aliphatic carbocycles. The highest BCUT2D eigenvalue weighted by Gasteiger charge is 2.22. The smallest absolute Gasteiger partial charge is 0.340 e. The molecule has 0 aliphatic heterocycles. The number of rotatable bonds is 19. The number of nitrogens with one attached hydrogen (secondary N) is 1. The second-order valence-corrected chi connectivity index (χ2v) is 14.0.